The summed E-state index contributed by atoms with van der Waals surface area (Å²) in [6.07, 6.45) is 3.11. The van der Waals surface area contributed by atoms with Crippen LogP contribution in [0.15, 0.2) is 18.2 Å². The average molecular weight is 343 g/mol. The van der Waals surface area contributed by atoms with Crippen molar-refractivity contribution in [2.45, 2.75) is 64.1 Å². The van der Waals surface area contributed by atoms with Crippen LogP contribution in [0.3, 0.4) is 0 Å². The van der Waals surface area contributed by atoms with Gasteiger partial charge in [-0.05, 0) is 64.7 Å². The van der Waals surface area contributed by atoms with Gasteiger partial charge in [-0.15, -0.1) is 0 Å². The first-order chi connectivity index (χ1) is 10.7. The minimum Gasteiger partial charge on any atom is -0.444 e. The molecule has 128 valence electrons. The number of alkyl carbamates (subject to hydrolysis) is 1. The van der Waals surface area contributed by atoms with E-state index in [4.69, 9.17) is 16.3 Å². The van der Waals surface area contributed by atoms with Crippen LogP contribution in [0.4, 0.5) is 14.9 Å². The van der Waals surface area contributed by atoms with Crippen molar-refractivity contribution in [1.29, 1.82) is 0 Å². The van der Waals surface area contributed by atoms with Gasteiger partial charge in [0, 0.05) is 17.1 Å². The molecule has 23 heavy (non-hydrogen) atoms. The van der Waals surface area contributed by atoms with Crippen LogP contribution in [-0.2, 0) is 4.74 Å². The molecule has 1 aromatic carbocycles. The molecule has 1 amide bonds. The molecule has 2 rings (SSSR count). The van der Waals surface area contributed by atoms with Crippen LogP contribution in [0, 0.1) is 5.82 Å². The molecular formula is C17H24ClFN2O2. The molecule has 1 aliphatic carbocycles. The fourth-order valence-electron chi connectivity index (χ4n) is 2.75. The molecule has 2 unspecified atom stereocenters. The summed E-state index contributed by atoms with van der Waals surface area (Å²) >= 11 is 5.91. The molecule has 1 saturated carbocycles. The zero-order chi connectivity index (χ0) is 17.0. The molecule has 0 aliphatic heterocycles. The van der Waals surface area contributed by atoms with Crippen molar-refractivity contribution >= 4 is 23.4 Å². The van der Waals surface area contributed by atoms with Crippen LogP contribution in [-0.4, -0.2) is 23.8 Å². The van der Waals surface area contributed by atoms with Gasteiger partial charge in [0.15, 0.2) is 0 Å². The molecule has 2 N–H and O–H groups in total. The maximum absolute atomic E-state index is 13.8. The van der Waals surface area contributed by atoms with E-state index in [9.17, 15) is 9.18 Å². The number of hydrogen-bond donors (Lipinski definition) is 2. The van der Waals surface area contributed by atoms with Crippen LogP contribution < -0.4 is 10.6 Å². The van der Waals surface area contributed by atoms with Gasteiger partial charge >= 0.3 is 6.09 Å². The van der Waals surface area contributed by atoms with E-state index in [1.807, 2.05) is 20.8 Å². The van der Waals surface area contributed by atoms with Crippen LogP contribution in [0.5, 0.6) is 0 Å². The highest BCUT2D eigenvalue weighted by Crippen LogP contribution is 2.26. The van der Waals surface area contributed by atoms with Crippen LogP contribution in [0.2, 0.25) is 5.02 Å². The summed E-state index contributed by atoms with van der Waals surface area (Å²) in [7, 11) is 0. The Morgan fingerprint density at radius 1 is 1.30 bits per heavy atom. The van der Waals surface area contributed by atoms with Gasteiger partial charge in [-0.2, -0.15) is 0 Å². The Hall–Kier alpha value is -1.49. The number of hydrogen-bond acceptors (Lipinski definition) is 3. The molecule has 0 saturated heterocycles. The third kappa shape index (κ3) is 5.90. The summed E-state index contributed by atoms with van der Waals surface area (Å²) in [6.45, 7) is 5.50. The lowest BCUT2D eigenvalue weighted by atomic mass is 9.91. The van der Waals surface area contributed by atoms with Gasteiger partial charge in [0.1, 0.15) is 11.4 Å². The number of amides is 1. The monoisotopic (exact) mass is 342 g/mol. The van der Waals surface area contributed by atoms with E-state index in [0.717, 1.165) is 25.7 Å². The fraction of sp³-hybridized carbons (Fsp3) is 0.588. The topological polar surface area (TPSA) is 50.4 Å². The van der Waals surface area contributed by atoms with Crippen molar-refractivity contribution in [2.24, 2.45) is 0 Å². The Morgan fingerprint density at radius 2 is 2.00 bits per heavy atom. The van der Waals surface area contributed by atoms with E-state index < -0.39 is 11.7 Å². The largest absolute Gasteiger partial charge is 0.444 e. The minimum absolute atomic E-state index is 0.0262. The Bertz CT molecular complexity index is 560. The summed E-state index contributed by atoms with van der Waals surface area (Å²) in [6, 6.07) is 4.58. The Kier molecular flexibility index (Phi) is 5.74. The van der Waals surface area contributed by atoms with E-state index in [-0.39, 0.29) is 17.9 Å². The number of halogens is 2. The predicted molar refractivity (Wildman–Crippen MR) is 90.4 cm³/mol. The van der Waals surface area contributed by atoms with Gasteiger partial charge < -0.3 is 15.4 Å². The average Bonchev–Trinajstić information content (AvgIpc) is 2.41. The Morgan fingerprint density at radius 3 is 2.70 bits per heavy atom. The first-order valence-corrected chi connectivity index (χ1v) is 8.32. The molecular weight excluding hydrogens is 319 g/mol. The summed E-state index contributed by atoms with van der Waals surface area (Å²) in [5, 5.41) is 6.58. The highest BCUT2D eigenvalue weighted by molar-refractivity contribution is 6.30. The second-order valence-corrected chi connectivity index (χ2v) is 7.41. The molecule has 6 heteroatoms. The van der Waals surface area contributed by atoms with Gasteiger partial charge in [0.05, 0.1) is 5.69 Å². The predicted octanol–water partition coefficient (Wildman–Crippen LogP) is 4.73. The molecule has 4 nitrogen and oxygen atoms in total. The second-order valence-electron chi connectivity index (χ2n) is 6.98. The zero-order valence-electron chi connectivity index (χ0n) is 13.8. The van der Waals surface area contributed by atoms with Gasteiger partial charge in [-0.1, -0.05) is 11.6 Å². The van der Waals surface area contributed by atoms with Crippen molar-refractivity contribution in [2.75, 3.05) is 5.32 Å². The maximum atomic E-state index is 13.8. The molecule has 1 aliphatic rings. The van der Waals surface area contributed by atoms with E-state index in [2.05, 4.69) is 10.6 Å². The van der Waals surface area contributed by atoms with E-state index >= 15 is 0 Å². The third-order valence-electron chi connectivity index (χ3n) is 3.68. The van der Waals surface area contributed by atoms with Crippen molar-refractivity contribution in [3.63, 3.8) is 0 Å². The van der Waals surface area contributed by atoms with Crippen molar-refractivity contribution in [3.05, 3.63) is 29.0 Å². The molecule has 0 bridgehead atoms. The van der Waals surface area contributed by atoms with E-state index in [1.54, 1.807) is 6.07 Å². The first-order valence-electron chi connectivity index (χ1n) is 7.94. The zero-order valence-corrected chi connectivity index (χ0v) is 14.5. The first kappa shape index (κ1) is 17.9. The van der Waals surface area contributed by atoms with E-state index in [0.29, 0.717) is 10.7 Å². The lowest BCUT2D eigenvalue weighted by molar-refractivity contribution is 0.0492. The maximum Gasteiger partial charge on any atom is 0.407 e. The number of nitrogens with one attached hydrogen (secondary N) is 2. The Balaban J connectivity index is 1.90. The summed E-state index contributed by atoms with van der Waals surface area (Å²) in [5.74, 6) is -0.323. The number of ether oxygens (including phenoxy) is 1. The molecule has 0 aromatic heterocycles. The molecule has 2 atom stereocenters. The lowest BCUT2D eigenvalue weighted by Gasteiger charge is -2.31. The lowest BCUT2D eigenvalue weighted by Crippen LogP contribution is -2.43. The summed E-state index contributed by atoms with van der Waals surface area (Å²) < 4.78 is 19.1. The van der Waals surface area contributed by atoms with Crippen LogP contribution >= 0.6 is 11.6 Å². The minimum atomic E-state index is -0.514. The summed E-state index contributed by atoms with van der Waals surface area (Å²) in [4.78, 5) is 11.9. The summed E-state index contributed by atoms with van der Waals surface area (Å²) in [5.41, 5.74) is -0.110. The third-order valence-corrected chi connectivity index (χ3v) is 3.92. The second kappa shape index (κ2) is 7.39. The smallest absolute Gasteiger partial charge is 0.407 e. The molecule has 0 radical (unpaired) electrons. The van der Waals surface area contributed by atoms with Crippen LogP contribution in [0.25, 0.3) is 0 Å². The molecule has 1 aromatic rings. The normalized spacial score (nSPS) is 21.6. The quantitative estimate of drug-likeness (QED) is 0.835. The number of carbonyl (C=O) groups is 1. The van der Waals surface area contributed by atoms with Crippen LogP contribution in [0.1, 0.15) is 46.5 Å². The van der Waals surface area contributed by atoms with Crippen molar-refractivity contribution in [3.8, 4) is 0 Å². The molecule has 1 fully saturated rings. The van der Waals surface area contributed by atoms with Gasteiger partial charge in [0.25, 0.3) is 0 Å². The van der Waals surface area contributed by atoms with Crippen molar-refractivity contribution < 1.29 is 13.9 Å². The number of carbonyl (C=O) groups excluding carboxylic acids is 1. The highest BCUT2D eigenvalue weighted by Gasteiger charge is 2.25. The van der Waals surface area contributed by atoms with Gasteiger partial charge in [-0.25, -0.2) is 9.18 Å². The standard InChI is InChI=1S/C17H24ClFN2O2/c1-17(2,3)23-16(22)21-13-6-4-5-12(10-13)20-15-9-11(18)7-8-14(15)19/h7-9,12-13,20H,4-6,10H2,1-3H3,(H,21,22). The van der Waals surface area contributed by atoms with Crippen molar-refractivity contribution in [1.82, 2.24) is 5.32 Å². The van der Waals surface area contributed by atoms with E-state index in [1.165, 1.54) is 12.1 Å². The van der Waals surface area contributed by atoms with Gasteiger partial charge in [0.2, 0.25) is 0 Å². The number of benzene rings is 1. The number of rotatable bonds is 3. The molecule has 0 heterocycles. The number of anilines is 1. The molecule has 0 spiro atoms. The fourth-order valence-corrected chi connectivity index (χ4v) is 2.93. The highest BCUT2D eigenvalue weighted by atomic mass is 35.5. The SMILES string of the molecule is CC(C)(C)OC(=O)NC1CCCC(Nc2cc(Cl)ccc2F)C1. The Labute approximate surface area is 141 Å². The van der Waals surface area contributed by atoms with Gasteiger partial charge in [-0.3, -0.25) is 0 Å².